The highest BCUT2D eigenvalue weighted by Gasteiger charge is 2.09. The Hall–Kier alpha value is -3.44. The highest BCUT2D eigenvalue weighted by Crippen LogP contribution is 2.30. The first kappa shape index (κ1) is 17.0. The van der Waals surface area contributed by atoms with Gasteiger partial charge < -0.3 is 5.11 Å². The first-order valence-electron chi connectivity index (χ1n) is 8.29. The van der Waals surface area contributed by atoms with E-state index in [0.717, 1.165) is 16.5 Å². The van der Waals surface area contributed by atoms with Crippen LogP contribution in [-0.2, 0) is 0 Å². The number of pyridine rings is 2. The van der Waals surface area contributed by atoms with Gasteiger partial charge in [-0.15, -0.1) is 0 Å². The topological polar surface area (TPSA) is 70.4 Å². The molecule has 0 radical (unpaired) electrons. The summed E-state index contributed by atoms with van der Waals surface area (Å²) in [6.45, 7) is 0. The van der Waals surface area contributed by atoms with Gasteiger partial charge in [0, 0.05) is 27.7 Å². The van der Waals surface area contributed by atoms with Crippen LogP contribution < -0.4 is 5.43 Å². The quantitative estimate of drug-likeness (QED) is 0.385. The summed E-state index contributed by atoms with van der Waals surface area (Å²) in [5.41, 5.74) is 6.03. The summed E-state index contributed by atoms with van der Waals surface area (Å²) >= 11 is 6.01. The zero-order chi connectivity index (χ0) is 18.6. The molecule has 5 nitrogen and oxygen atoms in total. The van der Waals surface area contributed by atoms with E-state index in [0.29, 0.717) is 22.1 Å². The highest BCUT2D eigenvalue weighted by molar-refractivity contribution is 6.30. The third kappa shape index (κ3) is 3.73. The Labute approximate surface area is 161 Å². The number of halogens is 1. The van der Waals surface area contributed by atoms with Crippen molar-refractivity contribution in [3.05, 3.63) is 83.5 Å². The summed E-state index contributed by atoms with van der Waals surface area (Å²) in [4.78, 5) is 8.90. The number of phenolic OH excluding ortho intramolecular Hbond substituents is 1. The molecule has 0 aliphatic carbocycles. The number of hydrazone groups is 1. The molecule has 6 heteroatoms. The zero-order valence-electron chi connectivity index (χ0n) is 14.2. The molecule has 4 aromatic rings. The predicted octanol–water partition coefficient (Wildman–Crippen LogP) is 5.10. The molecule has 2 aromatic heterocycles. The minimum absolute atomic E-state index is 0.161. The highest BCUT2D eigenvalue weighted by atomic mass is 35.5. The lowest BCUT2D eigenvalue weighted by molar-refractivity contribution is 0.474. The number of anilines is 1. The van der Waals surface area contributed by atoms with E-state index >= 15 is 0 Å². The zero-order valence-corrected chi connectivity index (χ0v) is 14.9. The van der Waals surface area contributed by atoms with Gasteiger partial charge in [-0.2, -0.15) is 5.10 Å². The number of rotatable bonds is 4. The van der Waals surface area contributed by atoms with Crippen LogP contribution in [0.2, 0.25) is 5.02 Å². The molecule has 0 atom stereocenters. The molecule has 0 bridgehead atoms. The predicted molar refractivity (Wildman–Crippen MR) is 109 cm³/mol. The van der Waals surface area contributed by atoms with Crippen LogP contribution in [0.15, 0.2) is 78.0 Å². The second-order valence-electron chi connectivity index (χ2n) is 5.87. The van der Waals surface area contributed by atoms with E-state index in [4.69, 9.17) is 11.6 Å². The van der Waals surface area contributed by atoms with E-state index in [1.165, 1.54) is 0 Å². The van der Waals surface area contributed by atoms with Gasteiger partial charge in [-0.25, -0.2) is 9.97 Å². The van der Waals surface area contributed by atoms with Crippen LogP contribution in [0.5, 0.6) is 5.75 Å². The molecule has 0 fully saturated rings. The summed E-state index contributed by atoms with van der Waals surface area (Å²) in [5.74, 6) is 0.726. The second-order valence-corrected chi connectivity index (χ2v) is 6.31. The van der Waals surface area contributed by atoms with Crippen LogP contribution >= 0.6 is 11.6 Å². The summed E-state index contributed by atoms with van der Waals surface area (Å²) in [6, 6.07) is 20.3. The van der Waals surface area contributed by atoms with Gasteiger partial charge in [0.15, 0.2) is 11.5 Å². The molecule has 2 N–H and O–H groups in total. The van der Waals surface area contributed by atoms with Gasteiger partial charge in [0.25, 0.3) is 0 Å². The van der Waals surface area contributed by atoms with Crippen LogP contribution in [0.1, 0.15) is 5.56 Å². The van der Waals surface area contributed by atoms with E-state index < -0.39 is 0 Å². The van der Waals surface area contributed by atoms with Gasteiger partial charge >= 0.3 is 0 Å². The van der Waals surface area contributed by atoms with Gasteiger partial charge in [-0.3, -0.25) is 5.43 Å². The number of aromatic hydroxyl groups is 1. The van der Waals surface area contributed by atoms with E-state index in [1.807, 2.05) is 48.5 Å². The van der Waals surface area contributed by atoms with Crippen LogP contribution in [0.4, 0.5) is 5.82 Å². The average molecular weight is 375 g/mol. The number of benzene rings is 2. The monoisotopic (exact) mass is 374 g/mol. The number of hydrogen-bond donors (Lipinski definition) is 2. The molecule has 27 heavy (non-hydrogen) atoms. The number of nitrogens with one attached hydrogen (secondary N) is 1. The molecule has 0 unspecified atom stereocenters. The maximum atomic E-state index is 9.85. The standard InChI is InChI=1S/C21H15ClN4O/c22-17-9-7-14(8-10-17)18-12-15-5-3-11-23-20(15)25-21(18)26-24-13-16-4-1-2-6-19(16)27/h1-13,27H,(H,23,25,26)/b24-13+. The molecule has 0 aliphatic heterocycles. The van der Waals surface area contributed by atoms with E-state index in [9.17, 15) is 5.11 Å². The van der Waals surface area contributed by atoms with E-state index in [1.54, 1.807) is 30.6 Å². The molecule has 0 spiro atoms. The summed E-state index contributed by atoms with van der Waals surface area (Å²) < 4.78 is 0. The normalized spacial score (nSPS) is 11.1. The number of para-hydroxylation sites is 1. The number of phenols is 1. The molecule has 2 aromatic carbocycles. The van der Waals surface area contributed by atoms with Crippen molar-refractivity contribution in [2.75, 3.05) is 5.43 Å². The van der Waals surface area contributed by atoms with Gasteiger partial charge in [-0.05, 0) is 48.0 Å². The lowest BCUT2D eigenvalue weighted by Crippen LogP contribution is -1.98. The van der Waals surface area contributed by atoms with Crippen molar-refractivity contribution < 1.29 is 5.11 Å². The Kier molecular flexibility index (Phi) is 4.68. The molecule has 2 heterocycles. The van der Waals surface area contributed by atoms with Crippen LogP contribution in [0, 0.1) is 0 Å². The third-order valence-corrected chi connectivity index (χ3v) is 4.31. The largest absolute Gasteiger partial charge is 0.507 e. The minimum atomic E-state index is 0.161. The number of hydrogen-bond acceptors (Lipinski definition) is 5. The summed E-state index contributed by atoms with van der Waals surface area (Å²) in [5, 5.41) is 15.7. The minimum Gasteiger partial charge on any atom is -0.507 e. The second kappa shape index (κ2) is 7.43. The summed E-state index contributed by atoms with van der Waals surface area (Å²) in [7, 11) is 0. The van der Waals surface area contributed by atoms with Crippen molar-refractivity contribution in [3.8, 4) is 16.9 Å². The van der Waals surface area contributed by atoms with Gasteiger partial charge in [0.2, 0.25) is 0 Å². The Morgan fingerprint density at radius 3 is 2.63 bits per heavy atom. The van der Waals surface area contributed by atoms with Crippen molar-refractivity contribution in [1.82, 2.24) is 9.97 Å². The Balaban J connectivity index is 1.74. The number of aromatic nitrogens is 2. The molecule has 4 rings (SSSR count). The lowest BCUT2D eigenvalue weighted by Gasteiger charge is -2.10. The molecule has 0 amide bonds. The SMILES string of the molecule is Oc1ccccc1/C=N/Nc1nc2ncccc2cc1-c1ccc(Cl)cc1. The fourth-order valence-electron chi connectivity index (χ4n) is 2.70. The lowest BCUT2D eigenvalue weighted by atomic mass is 10.1. The van der Waals surface area contributed by atoms with Gasteiger partial charge in [0.05, 0.1) is 6.21 Å². The molecule has 132 valence electrons. The Bertz CT molecular complexity index is 1130. The smallest absolute Gasteiger partial charge is 0.161 e. The third-order valence-electron chi connectivity index (χ3n) is 4.06. The van der Waals surface area contributed by atoms with Crippen molar-refractivity contribution in [3.63, 3.8) is 0 Å². The fraction of sp³-hybridized carbons (Fsp3) is 0. The van der Waals surface area contributed by atoms with E-state index in [2.05, 4.69) is 20.5 Å². The van der Waals surface area contributed by atoms with Crippen LogP contribution in [0.25, 0.3) is 22.2 Å². The van der Waals surface area contributed by atoms with Gasteiger partial charge in [0.1, 0.15) is 5.75 Å². The molecule has 0 aliphatic rings. The van der Waals surface area contributed by atoms with Crippen molar-refractivity contribution in [2.45, 2.75) is 0 Å². The Morgan fingerprint density at radius 2 is 1.81 bits per heavy atom. The number of fused-ring (bicyclic) bond motifs is 1. The fourth-order valence-corrected chi connectivity index (χ4v) is 2.83. The van der Waals surface area contributed by atoms with Gasteiger partial charge in [-0.1, -0.05) is 35.9 Å². The maximum absolute atomic E-state index is 9.85. The van der Waals surface area contributed by atoms with E-state index in [-0.39, 0.29) is 5.75 Å². The molecular weight excluding hydrogens is 360 g/mol. The van der Waals surface area contributed by atoms with Crippen molar-refractivity contribution >= 4 is 34.7 Å². The molecule has 0 saturated heterocycles. The first-order chi connectivity index (χ1) is 13.2. The van der Waals surface area contributed by atoms with Crippen molar-refractivity contribution in [2.24, 2.45) is 5.10 Å². The molecule has 0 saturated carbocycles. The number of nitrogens with zero attached hydrogens (tertiary/aromatic N) is 3. The average Bonchev–Trinajstić information content (AvgIpc) is 2.69. The van der Waals surface area contributed by atoms with Crippen molar-refractivity contribution in [1.29, 1.82) is 0 Å². The molecular formula is C21H15ClN4O. The first-order valence-corrected chi connectivity index (χ1v) is 8.67. The van der Waals surface area contributed by atoms with Crippen LogP contribution in [0.3, 0.4) is 0 Å². The Morgan fingerprint density at radius 1 is 1.00 bits per heavy atom. The summed E-state index contributed by atoms with van der Waals surface area (Å²) in [6.07, 6.45) is 3.25. The maximum Gasteiger partial charge on any atom is 0.161 e. The van der Waals surface area contributed by atoms with Crippen LogP contribution in [-0.4, -0.2) is 21.3 Å².